The van der Waals surface area contributed by atoms with Gasteiger partial charge >= 0.3 is 0 Å². The zero-order chi connectivity index (χ0) is 13.1. The van der Waals surface area contributed by atoms with Crippen molar-refractivity contribution in [3.63, 3.8) is 0 Å². The number of hydrogen-bond donors (Lipinski definition) is 1. The predicted octanol–water partition coefficient (Wildman–Crippen LogP) is 3.98. The van der Waals surface area contributed by atoms with E-state index >= 15 is 0 Å². The van der Waals surface area contributed by atoms with Crippen LogP contribution in [0.3, 0.4) is 0 Å². The molecule has 2 unspecified atom stereocenters. The molecule has 1 aliphatic heterocycles. The molecule has 2 atom stereocenters. The Morgan fingerprint density at radius 2 is 1.89 bits per heavy atom. The topological polar surface area (TPSA) is 21.3 Å². The van der Waals surface area contributed by atoms with Crippen LogP contribution in [0.4, 0.5) is 5.69 Å². The molecule has 2 nitrogen and oxygen atoms in total. The largest absolute Gasteiger partial charge is 0.382 e. The van der Waals surface area contributed by atoms with Crippen LogP contribution >= 0.6 is 0 Å². The van der Waals surface area contributed by atoms with Crippen LogP contribution in [-0.2, 0) is 4.74 Å². The van der Waals surface area contributed by atoms with Gasteiger partial charge < -0.3 is 10.1 Å². The SMILES string of the molecule is CCC1CC(Nc2c(C)cc(C)cc2C)CCO1. The molecule has 1 aromatic rings. The average Bonchev–Trinajstić information content (AvgIpc) is 2.34. The van der Waals surface area contributed by atoms with E-state index in [2.05, 4.69) is 45.1 Å². The highest BCUT2D eigenvalue weighted by Crippen LogP contribution is 2.26. The first-order chi connectivity index (χ1) is 8.60. The van der Waals surface area contributed by atoms with Crippen molar-refractivity contribution in [3.8, 4) is 0 Å². The van der Waals surface area contributed by atoms with Gasteiger partial charge in [-0.25, -0.2) is 0 Å². The van der Waals surface area contributed by atoms with E-state index in [1.165, 1.54) is 22.4 Å². The van der Waals surface area contributed by atoms with Crippen molar-refractivity contribution >= 4 is 5.69 Å². The second-order valence-corrected chi connectivity index (χ2v) is 5.54. The molecule has 0 aliphatic carbocycles. The van der Waals surface area contributed by atoms with Gasteiger partial charge in [0.2, 0.25) is 0 Å². The molecule has 1 N–H and O–H groups in total. The van der Waals surface area contributed by atoms with Crippen molar-refractivity contribution in [2.75, 3.05) is 11.9 Å². The molecular weight excluding hydrogens is 222 g/mol. The van der Waals surface area contributed by atoms with Gasteiger partial charge in [-0.05, 0) is 51.2 Å². The van der Waals surface area contributed by atoms with Crippen LogP contribution in [0.5, 0.6) is 0 Å². The number of aryl methyl sites for hydroxylation is 3. The monoisotopic (exact) mass is 247 g/mol. The smallest absolute Gasteiger partial charge is 0.0592 e. The van der Waals surface area contributed by atoms with Crippen molar-refractivity contribution in [2.24, 2.45) is 0 Å². The maximum absolute atomic E-state index is 5.73. The summed E-state index contributed by atoms with van der Waals surface area (Å²) in [6.07, 6.45) is 3.79. The van der Waals surface area contributed by atoms with Gasteiger partial charge in [0.15, 0.2) is 0 Å². The van der Waals surface area contributed by atoms with Crippen LogP contribution in [0, 0.1) is 20.8 Å². The van der Waals surface area contributed by atoms with Gasteiger partial charge in [0.25, 0.3) is 0 Å². The Balaban J connectivity index is 2.09. The van der Waals surface area contributed by atoms with Gasteiger partial charge in [-0.15, -0.1) is 0 Å². The highest BCUT2D eigenvalue weighted by Gasteiger charge is 2.21. The minimum absolute atomic E-state index is 0.433. The fourth-order valence-electron chi connectivity index (χ4n) is 2.91. The first kappa shape index (κ1) is 13.4. The molecule has 0 bridgehead atoms. The molecule has 0 radical (unpaired) electrons. The number of hydrogen-bond acceptors (Lipinski definition) is 2. The Hall–Kier alpha value is -1.02. The number of benzene rings is 1. The molecule has 2 heteroatoms. The molecule has 0 aromatic heterocycles. The summed E-state index contributed by atoms with van der Waals surface area (Å²) in [5, 5.41) is 3.73. The van der Waals surface area contributed by atoms with E-state index in [0.29, 0.717) is 12.1 Å². The third kappa shape index (κ3) is 3.05. The summed E-state index contributed by atoms with van der Waals surface area (Å²) in [6, 6.07) is 5.07. The van der Waals surface area contributed by atoms with Gasteiger partial charge in [-0.2, -0.15) is 0 Å². The summed E-state index contributed by atoms with van der Waals surface area (Å²) in [6.45, 7) is 9.64. The summed E-state index contributed by atoms with van der Waals surface area (Å²) < 4.78 is 5.73. The van der Waals surface area contributed by atoms with E-state index in [1.54, 1.807) is 0 Å². The molecule has 0 saturated carbocycles. The first-order valence-electron chi connectivity index (χ1n) is 7.06. The standard InChI is InChI=1S/C16H25NO/c1-5-15-10-14(6-7-18-15)17-16-12(3)8-11(2)9-13(16)4/h8-9,14-15,17H,5-7,10H2,1-4H3. The Labute approximate surface area is 111 Å². The molecule has 1 saturated heterocycles. The second-order valence-electron chi connectivity index (χ2n) is 5.54. The molecule has 2 rings (SSSR count). The van der Waals surface area contributed by atoms with Crippen molar-refractivity contribution in [3.05, 3.63) is 28.8 Å². The maximum Gasteiger partial charge on any atom is 0.0592 e. The number of nitrogens with one attached hydrogen (secondary N) is 1. The lowest BCUT2D eigenvalue weighted by Gasteiger charge is -2.31. The highest BCUT2D eigenvalue weighted by molar-refractivity contribution is 5.58. The summed E-state index contributed by atoms with van der Waals surface area (Å²) in [4.78, 5) is 0. The van der Waals surface area contributed by atoms with Crippen LogP contribution in [0.15, 0.2) is 12.1 Å². The minimum atomic E-state index is 0.433. The summed E-state index contributed by atoms with van der Waals surface area (Å²) in [7, 11) is 0. The Kier molecular flexibility index (Phi) is 4.28. The molecule has 1 aliphatic rings. The Bertz CT molecular complexity index is 391. The van der Waals surface area contributed by atoms with E-state index < -0.39 is 0 Å². The lowest BCUT2D eigenvalue weighted by molar-refractivity contribution is 0.00924. The van der Waals surface area contributed by atoms with E-state index in [1.807, 2.05) is 0 Å². The van der Waals surface area contributed by atoms with Gasteiger partial charge in [0, 0.05) is 18.3 Å². The van der Waals surface area contributed by atoms with Crippen LogP contribution in [0.25, 0.3) is 0 Å². The molecule has 0 spiro atoms. The van der Waals surface area contributed by atoms with Crippen LogP contribution < -0.4 is 5.32 Å². The molecule has 100 valence electrons. The third-order valence-electron chi connectivity index (χ3n) is 3.85. The predicted molar refractivity (Wildman–Crippen MR) is 77.3 cm³/mol. The zero-order valence-electron chi connectivity index (χ0n) is 12.0. The van der Waals surface area contributed by atoms with Crippen LogP contribution in [-0.4, -0.2) is 18.8 Å². The summed E-state index contributed by atoms with van der Waals surface area (Å²) in [5.41, 5.74) is 5.37. The molecule has 1 fully saturated rings. The average molecular weight is 247 g/mol. The van der Waals surface area contributed by atoms with Crippen molar-refractivity contribution in [1.29, 1.82) is 0 Å². The summed E-state index contributed by atoms with van der Waals surface area (Å²) >= 11 is 0. The lowest BCUT2D eigenvalue weighted by atomic mass is 9.99. The quantitative estimate of drug-likeness (QED) is 0.872. The van der Waals surface area contributed by atoms with E-state index in [0.717, 1.165) is 25.9 Å². The molecule has 1 aromatic carbocycles. The molecule has 1 heterocycles. The van der Waals surface area contributed by atoms with Crippen molar-refractivity contribution < 1.29 is 4.74 Å². The van der Waals surface area contributed by atoms with Crippen molar-refractivity contribution in [1.82, 2.24) is 0 Å². The molecule has 0 amide bonds. The van der Waals surface area contributed by atoms with E-state index in [9.17, 15) is 0 Å². The summed E-state index contributed by atoms with van der Waals surface area (Å²) in [5.74, 6) is 0. The van der Waals surface area contributed by atoms with Gasteiger partial charge in [-0.1, -0.05) is 24.6 Å². The maximum atomic E-state index is 5.73. The third-order valence-corrected chi connectivity index (χ3v) is 3.85. The number of rotatable bonds is 3. The van der Waals surface area contributed by atoms with Crippen LogP contribution in [0.2, 0.25) is 0 Å². The molecular formula is C16H25NO. The highest BCUT2D eigenvalue weighted by atomic mass is 16.5. The van der Waals surface area contributed by atoms with Gasteiger partial charge in [0.05, 0.1) is 6.10 Å². The van der Waals surface area contributed by atoms with Crippen molar-refractivity contribution in [2.45, 2.75) is 59.1 Å². The van der Waals surface area contributed by atoms with Gasteiger partial charge in [-0.3, -0.25) is 0 Å². The Morgan fingerprint density at radius 1 is 1.22 bits per heavy atom. The Morgan fingerprint density at radius 3 is 2.50 bits per heavy atom. The second kappa shape index (κ2) is 5.75. The lowest BCUT2D eigenvalue weighted by Crippen LogP contribution is -2.34. The number of anilines is 1. The normalized spacial score (nSPS) is 24.0. The first-order valence-corrected chi connectivity index (χ1v) is 7.06. The van der Waals surface area contributed by atoms with E-state index in [4.69, 9.17) is 4.74 Å². The van der Waals surface area contributed by atoms with E-state index in [-0.39, 0.29) is 0 Å². The van der Waals surface area contributed by atoms with Crippen LogP contribution in [0.1, 0.15) is 42.9 Å². The molecule has 18 heavy (non-hydrogen) atoms. The minimum Gasteiger partial charge on any atom is -0.382 e. The zero-order valence-corrected chi connectivity index (χ0v) is 12.0. The fraction of sp³-hybridized carbons (Fsp3) is 0.625. The number of ether oxygens (including phenoxy) is 1. The fourth-order valence-corrected chi connectivity index (χ4v) is 2.91. The van der Waals surface area contributed by atoms with Gasteiger partial charge in [0.1, 0.15) is 0 Å².